The van der Waals surface area contributed by atoms with Crippen molar-refractivity contribution < 1.29 is 24.3 Å². The summed E-state index contributed by atoms with van der Waals surface area (Å²) in [5.74, 6) is -3.23. The normalized spacial score (nSPS) is 16.0. The maximum absolute atomic E-state index is 12.8. The number of aromatic nitrogens is 2. The molecule has 3 amide bonds. The number of hydrogen-bond acceptors (Lipinski definition) is 6. The van der Waals surface area contributed by atoms with E-state index in [1.165, 1.54) is 19.4 Å². The number of aromatic amines is 1. The SMILES string of the molecule is CCC(C)C(NC(=O)C(C)NC(=O)C(N)C(C)C)C(=O)NC(Cc1cnc[nH]1)C(=O)O. The monoisotopic (exact) mass is 438 g/mol. The number of carboxylic acid groups (broad SMARTS) is 1. The summed E-state index contributed by atoms with van der Waals surface area (Å²) in [6.45, 7) is 8.70. The minimum atomic E-state index is -1.21. The van der Waals surface area contributed by atoms with Crippen LogP contribution in [0.1, 0.15) is 46.7 Å². The second-order valence-corrected chi connectivity index (χ2v) is 8.05. The van der Waals surface area contributed by atoms with Gasteiger partial charge in [-0.05, 0) is 18.8 Å². The Balaban J connectivity index is 2.84. The van der Waals surface area contributed by atoms with Crippen molar-refractivity contribution in [2.24, 2.45) is 17.6 Å². The molecule has 0 bridgehead atoms. The number of rotatable bonds is 12. The van der Waals surface area contributed by atoms with Crippen molar-refractivity contribution >= 4 is 23.7 Å². The van der Waals surface area contributed by atoms with Crippen LogP contribution in [0.3, 0.4) is 0 Å². The molecular formula is C20H34N6O5. The summed E-state index contributed by atoms with van der Waals surface area (Å²) in [6.07, 6.45) is 3.47. The Labute approximate surface area is 181 Å². The molecule has 31 heavy (non-hydrogen) atoms. The van der Waals surface area contributed by atoms with E-state index in [0.717, 1.165) is 0 Å². The average molecular weight is 439 g/mol. The molecule has 1 rings (SSSR count). The number of carbonyl (C=O) groups is 4. The van der Waals surface area contributed by atoms with Crippen molar-refractivity contribution in [3.05, 3.63) is 18.2 Å². The summed E-state index contributed by atoms with van der Waals surface area (Å²) in [6, 6.07) is -3.85. The average Bonchev–Trinajstić information content (AvgIpc) is 3.22. The Morgan fingerprint density at radius 3 is 2.19 bits per heavy atom. The highest BCUT2D eigenvalue weighted by atomic mass is 16.4. The number of amides is 3. The molecule has 11 nitrogen and oxygen atoms in total. The first-order chi connectivity index (χ1) is 14.5. The number of imidazole rings is 1. The van der Waals surface area contributed by atoms with E-state index in [2.05, 4.69) is 25.9 Å². The highest BCUT2D eigenvalue weighted by Crippen LogP contribution is 2.10. The molecule has 0 aliphatic heterocycles. The van der Waals surface area contributed by atoms with Gasteiger partial charge in [-0.1, -0.05) is 34.1 Å². The lowest BCUT2D eigenvalue weighted by atomic mass is 9.97. The van der Waals surface area contributed by atoms with E-state index in [4.69, 9.17) is 5.73 Å². The molecule has 5 atom stereocenters. The summed E-state index contributed by atoms with van der Waals surface area (Å²) in [7, 11) is 0. The lowest BCUT2D eigenvalue weighted by Crippen LogP contribution is -2.58. The summed E-state index contributed by atoms with van der Waals surface area (Å²) >= 11 is 0. The quantitative estimate of drug-likeness (QED) is 0.255. The number of carbonyl (C=O) groups excluding carboxylic acids is 3. The highest BCUT2D eigenvalue weighted by Gasteiger charge is 2.32. The Morgan fingerprint density at radius 1 is 1.06 bits per heavy atom. The van der Waals surface area contributed by atoms with Gasteiger partial charge < -0.3 is 31.8 Å². The Morgan fingerprint density at radius 2 is 1.71 bits per heavy atom. The topological polar surface area (TPSA) is 179 Å². The lowest BCUT2D eigenvalue weighted by Gasteiger charge is -2.27. The van der Waals surface area contributed by atoms with E-state index in [-0.39, 0.29) is 18.3 Å². The van der Waals surface area contributed by atoms with Crippen LogP contribution in [0.15, 0.2) is 12.5 Å². The summed E-state index contributed by atoms with van der Waals surface area (Å²) in [4.78, 5) is 55.8. The van der Waals surface area contributed by atoms with Crippen LogP contribution in [-0.2, 0) is 25.6 Å². The van der Waals surface area contributed by atoms with Gasteiger partial charge in [0.2, 0.25) is 17.7 Å². The first kappa shape index (κ1) is 26.1. The molecule has 5 unspecified atom stereocenters. The third kappa shape index (κ3) is 8.00. The lowest BCUT2D eigenvalue weighted by molar-refractivity contribution is -0.142. The number of hydrogen-bond donors (Lipinski definition) is 6. The molecule has 0 aromatic carbocycles. The minimum absolute atomic E-state index is 0.0157. The van der Waals surface area contributed by atoms with Crippen molar-refractivity contribution in [3.63, 3.8) is 0 Å². The van der Waals surface area contributed by atoms with Crippen LogP contribution in [-0.4, -0.2) is 62.9 Å². The molecule has 0 saturated carbocycles. The predicted molar refractivity (Wildman–Crippen MR) is 114 cm³/mol. The predicted octanol–water partition coefficient (Wildman–Crippen LogP) is -0.459. The van der Waals surface area contributed by atoms with Crippen LogP contribution in [0.2, 0.25) is 0 Å². The molecule has 174 valence electrons. The zero-order valence-corrected chi connectivity index (χ0v) is 18.6. The van der Waals surface area contributed by atoms with Crippen LogP contribution in [0.4, 0.5) is 0 Å². The highest BCUT2D eigenvalue weighted by molar-refractivity contribution is 5.94. The van der Waals surface area contributed by atoms with Crippen molar-refractivity contribution in [3.8, 4) is 0 Å². The molecular weight excluding hydrogens is 404 g/mol. The fraction of sp³-hybridized carbons (Fsp3) is 0.650. The number of H-pyrrole nitrogens is 1. The maximum Gasteiger partial charge on any atom is 0.326 e. The van der Waals surface area contributed by atoms with Gasteiger partial charge in [0, 0.05) is 18.3 Å². The number of nitrogens with one attached hydrogen (secondary N) is 4. The first-order valence-corrected chi connectivity index (χ1v) is 10.3. The van der Waals surface area contributed by atoms with Gasteiger partial charge in [-0.25, -0.2) is 9.78 Å². The molecule has 0 spiro atoms. The molecule has 1 aromatic rings. The Bertz CT molecular complexity index is 751. The van der Waals surface area contributed by atoms with E-state index in [1.807, 2.05) is 6.92 Å². The van der Waals surface area contributed by atoms with E-state index < -0.39 is 47.9 Å². The molecule has 0 aliphatic rings. The maximum atomic E-state index is 12.8. The van der Waals surface area contributed by atoms with E-state index in [0.29, 0.717) is 12.1 Å². The smallest absolute Gasteiger partial charge is 0.326 e. The third-order valence-corrected chi connectivity index (χ3v) is 5.16. The van der Waals surface area contributed by atoms with Crippen LogP contribution >= 0.6 is 0 Å². The van der Waals surface area contributed by atoms with Gasteiger partial charge in [-0.2, -0.15) is 0 Å². The molecule has 0 saturated heterocycles. The zero-order chi connectivity index (χ0) is 23.7. The van der Waals surface area contributed by atoms with Gasteiger partial charge in [0.15, 0.2) is 0 Å². The molecule has 11 heteroatoms. The second-order valence-electron chi connectivity index (χ2n) is 8.05. The zero-order valence-electron chi connectivity index (χ0n) is 18.6. The number of aliphatic carboxylic acids is 1. The fourth-order valence-corrected chi connectivity index (χ4v) is 2.74. The molecule has 1 heterocycles. The molecule has 0 aliphatic carbocycles. The standard InChI is InChI=1S/C20H34N6O5/c1-6-11(4)16(26-17(27)12(5)24-18(28)15(21)10(2)3)19(29)25-14(20(30)31)7-13-8-22-9-23-13/h8-12,14-16H,6-7,21H2,1-5H3,(H,22,23)(H,24,28)(H,25,29)(H,26,27)(H,30,31). The summed E-state index contributed by atoms with van der Waals surface area (Å²) < 4.78 is 0. The van der Waals surface area contributed by atoms with E-state index in [1.54, 1.807) is 20.8 Å². The van der Waals surface area contributed by atoms with Crippen molar-refractivity contribution in [2.75, 3.05) is 0 Å². The molecule has 0 fully saturated rings. The Kier molecular flexibility index (Phi) is 10.1. The summed E-state index contributed by atoms with van der Waals surface area (Å²) in [5, 5.41) is 17.1. The number of nitrogens with zero attached hydrogens (tertiary/aromatic N) is 1. The molecule has 1 aromatic heterocycles. The van der Waals surface area contributed by atoms with Gasteiger partial charge in [-0.3, -0.25) is 14.4 Å². The minimum Gasteiger partial charge on any atom is -0.480 e. The van der Waals surface area contributed by atoms with Crippen molar-refractivity contribution in [1.82, 2.24) is 25.9 Å². The fourth-order valence-electron chi connectivity index (χ4n) is 2.74. The number of nitrogens with two attached hydrogens (primary N) is 1. The largest absolute Gasteiger partial charge is 0.480 e. The van der Waals surface area contributed by atoms with Crippen molar-refractivity contribution in [2.45, 2.75) is 71.6 Å². The van der Waals surface area contributed by atoms with Gasteiger partial charge in [0.1, 0.15) is 18.1 Å². The first-order valence-electron chi connectivity index (χ1n) is 10.3. The van der Waals surface area contributed by atoms with Crippen LogP contribution in [0.25, 0.3) is 0 Å². The van der Waals surface area contributed by atoms with Crippen LogP contribution < -0.4 is 21.7 Å². The van der Waals surface area contributed by atoms with Gasteiger partial charge in [0.05, 0.1) is 12.4 Å². The van der Waals surface area contributed by atoms with Crippen LogP contribution in [0.5, 0.6) is 0 Å². The molecule has 0 radical (unpaired) electrons. The van der Waals surface area contributed by atoms with Crippen molar-refractivity contribution in [1.29, 1.82) is 0 Å². The third-order valence-electron chi connectivity index (χ3n) is 5.16. The second kappa shape index (κ2) is 12.0. The van der Waals surface area contributed by atoms with E-state index >= 15 is 0 Å². The Hall–Kier alpha value is -2.95. The van der Waals surface area contributed by atoms with Gasteiger partial charge in [-0.15, -0.1) is 0 Å². The number of carboxylic acids is 1. The van der Waals surface area contributed by atoms with E-state index in [9.17, 15) is 24.3 Å². The molecule has 7 N–H and O–H groups in total. The summed E-state index contributed by atoms with van der Waals surface area (Å²) in [5.41, 5.74) is 6.35. The van der Waals surface area contributed by atoms with Crippen LogP contribution in [0, 0.1) is 11.8 Å². The van der Waals surface area contributed by atoms with Gasteiger partial charge in [0.25, 0.3) is 0 Å². The van der Waals surface area contributed by atoms with Gasteiger partial charge >= 0.3 is 5.97 Å².